The van der Waals surface area contributed by atoms with Crippen molar-refractivity contribution in [3.05, 3.63) is 59.0 Å². The molecule has 0 spiro atoms. The molecule has 0 amide bonds. The Morgan fingerprint density at radius 2 is 1.62 bits per heavy atom. The van der Waals surface area contributed by atoms with Crippen molar-refractivity contribution in [3.8, 4) is 22.6 Å². The summed E-state index contributed by atoms with van der Waals surface area (Å²) in [6, 6.07) is 12.5. The molecule has 0 fully saturated rings. The van der Waals surface area contributed by atoms with Crippen LogP contribution in [0.3, 0.4) is 0 Å². The van der Waals surface area contributed by atoms with Gasteiger partial charge in [-0.3, -0.25) is 4.79 Å². The van der Waals surface area contributed by atoms with Crippen LogP contribution < -0.4 is 14.9 Å². The maximum Gasteiger partial charge on any atom is 0.200 e. The molecule has 0 N–H and O–H groups in total. The molecular formula is C17H14O4. The Labute approximate surface area is 121 Å². The zero-order chi connectivity index (χ0) is 14.8. The van der Waals surface area contributed by atoms with Crippen molar-refractivity contribution in [1.82, 2.24) is 0 Å². The third-order valence-corrected chi connectivity index (χ3v) is 3.34. The van der Waals surface area contributed by atoms with Crippen molar-refractivity contribution in [2.75, 3.05) is 14.2 Å². The molecule has 3 rings (SSSR count). The average Bonchev–Trinajstić information content (AvgIpc) is 2.55. The number of hydrogen-bond donors (Lipinski definition) is 0. The Morgan fingerprint density at radius 3 is 2.29 bits per heavy atom. The van der Waals surface area contributed by atoms with Gasteiger partial charge in [-0.05, 0) is 29.8 Å². The maximum absolute atomic E-state index is 12.6. The van der Waals surface area contributed by atoms with Crippen LogP contribution in [0.2, 0.25) is 0 Å². The van der Waals surface area contributed by atoms with Crippen LogP contribution in [0, 0.1) is 0 Å². The fraction of sp³-hybridized carbons (Fsp3) is 0.118. The van der Waals surface area contributed by atoms with E-state index < -0.39 is 0 Å². The fourth-order valence-corrected chi connectivity index (χ4v) is 2.24. The highest BCUT2D eigenvalue weighted by Gasteiger charge is 2.11. The molecule has 1 heterocycles. The van der Waals surface area contributed by atoms with E-state index in [0.717, 1.165) is 0 Å². The third-order valence-electron chi connectivity index (χ3n) is 3.34. The molecule has 0 aliphatic carbocycles. The van der Waals surface area contributed by atoms with Crippen LogP contribution >= 0.6 is 0 Å². The highest BCUT2D eigenvalue weighted by molar-refractivity contribution is 5.81. The van der Waals surface area contributed by atoms with Gasteiger partial charge < -0.3 is 13.9 Å². The number of para-hydroxylation sites is 1. The Morgan fingerprint density at radius 1 is 0.952 bits per heavy atom. The van der Waals surface area contributed by atoms with Crippen LogP contribution in [0.1, 0.15) is 0 Å². The minimum Gasteiger partial charge on any atom is -0.497 e. The van der Waals surface area contributed by atoms with E-state index in [1.807, 2.05) is 12.1 Å². The standard InChI is InChI=1S/C17H14O4/c1-19-12-7-11(8-13(9-12)20-2)15-10-21-16-6-4-3-5-14(16)17(15)18/h3-10H,1-2H3. The van der Waals surface area contributed by atoms with E-state index in [4.69, 9.17) is 13.9 Å². The van der Waals surface area contributed by atoms with E-state index in [1.54, 1.807) is 44.6 Å². The molecule has 0 aliphatic heterocycles. The van der Waals surface area contributed by atoms with Crippen molar-refractivity contribution in [2.24, 2.45) is 0 Å². The van der Waals surface area contributed by atoms with Gasteiger partial charge in [-0.2, -0.15) is 0 Å². The predicted octanol–water partition coefficient (Wildman–Crippen LogP) is 3.48. The van der Waals surface area contributed by atoms with Crippen molar-refractivity contribution >= 4 is 11.0 Å². The van der Waals surface area contributed by atoms with Gasteiger partial charge in [0, 0.05) is 6.07 Å². The van der Waals surface area contributed by atoms with E-state index in [2.05, 4.69) is 0 Å². The quantitative estimate of drug-likeness (QED) is 0.738. The monoisotopic (exact) mass is 282 g/mol. The largest absolute Gasteiger partial charge is 0.497 e. The summed E-state index contributed by atoms with van der Waals surface area (Å²) < 4.78 is 16.0. The van der Waals surface area contributed by atoms with Gasteiger partial charge in [-0.25, -0.2) is 0 Å². The van der Waals surface area contributed by atoms with Crippen LogP contribution in [0.4, 0.5) is 0 Å². The van der Waals surface area contributed by atoms with Crippen LogP contribution in [0.5, 0.6) is 11.5 Å². The lowest BCUT2D eigenvalue weighted by Gasteiger charge is -2.08. The summed E-state index contributed by atoms with van der Waals surface area (Å²) in [4.78, 5) is 12.6. The molecule has 3 aromatic rings. The Bertz CT molecular complexity index is 827. The first kappa shape index (κ1) is 13.2. The topological polar surface area (TPSA) is 48.7 Å². The Kier molecular flexibility index (Phi) is 3.36. The molecule has 0 saturated carbocycles. The number of hydrogen-bond acceptors (Lipinski definition) is 4. The lowest BCUT2D eigenvalue weighted by atomic mass is 10.0. The van der Waals surface area contributed by atoms with Crippen molar-refractivity contribution in [2.45, 2.75) is 0 Å². The first-order valence-electron chi connectivity index (χ1n) is 6.47. The zero-order valence-electron chi connectivity index (χ0n) is 11.8. The van der Waals surface area contributed by atoms with E-state index in [-0.39, 0.29) is 5.43 Å². The summed E-state index contributed by atoms with van der Waals surface area (Å²) in [5, 5.41) is 0.553. The molecule has 21 heavy (non-hydrogen) atoms. The minimum absolute atomic E-state index is 0.0767. The smallest absolute Gasteiger partial charge is 0.200 e. The van der Waals surface area contributed by atoms with Crippen LogP contribution in [-0.2, 0) is 0 Å². The van der Waals surface area contributed by atoms with Gasteiger partial charge in [-0.1, -0.05) is 12.1 Å². The highest BCUT2D eigenvalue weighted by Crippen LogP contribution is 2.29. The average molecular weight is 282 g/mol. The van der Waals surface area contributed by atoms with Gasteiger partial charge in [0.15, 0.2) is 5.43 Å². The van der Waals surface area contributed by atoms with Gasteiger partial charge in [0.2, 0.25) is 0 Å². The fourth-order valence-electron chi connectivity index (χ4n) is 2.24. The molecule has 0 aliphatic rings. The van der Waals surface area contributed by atoms with Gasteiger partial charge in [-0.15, -0.1) is 0 Å². The van der Waals surface area contributed by atoms with Crippen LogP contribution in [0.25, 0.3) is 22.1 Å². The van der Waals surface area contributed by atoms with Crippen LogP contribution in [0.15, 0.2) is 57.9 Å². The molecule has 4 heteroatoms. The van der Waals surface area contributed by atoms with Crippen LogP contribution in [-0.4, -0.2) is 14.2 Å². The molecule has 2 aromatic carbocycles. The second-order valence-corrected chi connectivity index (χ2v) is 4.58. The van der Waals surface area contributed by atoms with E-state index >= 15 is 0 Å². The lowest BCUT2D eigenvalue weighted by Crippen LogP contribution is -2.04. The van der Waals surface area contributed by atoms with E-state index in [0.29, 0.717) is 33.6 Å². The zero-order valence-corrected chi connectivity index (χ0v) is 11.8. The summed E-state index contributed by atoms with van der Waals surface area (Å²) in [6.45, 7) is 0. The molecule has 0 bridgehead atoms. The lowest BCUT2D eigenvalue weighted by molar-refractivity contribution is 0.394. The number of rotatable bonds is 3. The summed E-state index contributed by atoms with van der Waals surface area (Å²) in [6.07, 6.45) is 1.47. The minimum atomic E-state index is -0.0767. The number of ether oxygens (including phenoxy) is 2. The molecule has 106 valence electrons. The van der Waals surface area contributed by atoms with Gasteiger partial charge in [0.05, 0.1) is 25.2 Å². The SMILES string of the molecule is COc1cc(OC)cc(-c2coc3ccccc3c2=O)c1. The van der Waals surface area contributed by atoms with E-state index in [9.17, 15) is 4.79 Å². The van der Waals surface area contributed by atoms with Crippen molar-refractivity contribution in [1.29, 1.82) is 0 Å². The molecule has 0 saturated heterocycles. The van der Waals surface area contributed by atoms with Gasteiger partial charge in [0.1, 0.15) is 23.3 Å². The molecule has 1 aromatic heterocycles. The molecule has 0 unspecified atom stereocenters. The Hall–Kier alpha value is -2.75. The molecule has 0 radical (unpaired) electrons. The summed E-state index contributed by atoms with van der Waals surface area (Å²) >= 11 is 0. The predicted molar refractivity (Wildman–Crippen MR) is 81.0 cm³/mol. The molecular weight excluding hydrogens is 268 g/mol. The summed E-state index contributed by atoms with van der Waals surface area (Å²) in [5.74, 6) is 1.24. The Balaban J connectivity index is 2.25. The molecule has 4 nitrogen and oxygen atoms in total. The van der Waals surface area contributed by atoms with E-state index in [1.165, 1.54) is 6.26 Å². The highest BCUT2D eigenvalue weighted by atomic mass is 16.5. The number of methoxy groups -OCH3 is 2. The second kappa shape index (κ2) is 5.32. The summed E-state index contributed by atoms with van der Waals surface area (Å²) in [5.41, 5.74) is 1.67. The van der Waals surface area contributed by atoms with Gasteiger partial charge >= 0.3 is 0 Å². The van der Waals surface area contributed by atoms with Crippen molar-refractivity contribution in [3.63, 3.8) is 0 Å². The third kappa shape index (κ3) is 2.36. The number of fused-ring (bicyclic) bond motifs is 1. The number of benzene rings is 2. The molecule has 0 atom stereocenters. The first-order valence-corrected chi connectivity index (χ1v) is 6.47. The normalized spacial score (nSPS) is 10.6. The summed E-state index contributed by atoms with van der Waals surface area (Å²) in [7, 11) is 3.14. The van der Waals surface area contributed by atoms with Crippen molar-refractivity contribution < 1.29 is 13.9 Å². The second-order valence-electron chi connectivity index (χ2n) is 4.58. The maximum atomic E-state index is 12.6. The first-order chi connectivity index (χ1) is 10.2. The van der Waals surface area contributed by atoms with Gasteiger partial charge in [0.25, 0.3) is 0 Å².